The van der Waals surface area contributed by atoms with Crippen LogP contribution in [0.4, 0.5) is 8.78 Å². The molecule has 1 fully saturated rings. The monoisotopic (exact) mass is 301 g/mol. The van der Waals surface area contributed by atoms with Crippen molar-refractivity contribution >= 4 is 5.91 Å². The second kappa shape index (κ2) is 6.36. The maximum atomic E-state index is 12.0. The summed E-state index contributed by atoms with van der Waals surface area (Å²) in [7, 11) is 0. The van der Waals surface area contributed by atoms with Gasteiger partial charge < -0.3 is 19.9 Å². The minimum absolute atomic E-state index is 0.0157. The van der Waals surface area contributed by atoms with Gasteiger partial charge in [-0.05, 0) is 31.2 Å². The molecular weight excluding hydrogens is 284 g/mol. The zero-order valence-electron chi connectivity index (χ0n) is 11.5. The van der Waals surface area contributed by atoms with E-state index in [1.165, 1.54) is 24.3 Å². The van der Waals surface area contributed by atoms with Crippen LogP contribution in [0.15, 0.2) is 24.3 Å². The Balaban J connectivity index is 1.91. The predicted molar refractivity (Wildman–Crippen MR) is 70.4 cm³/mol. The van der Waals surface area contributed by atoms with Gasteiger partial charge in [-0.2, -0.15) is 8.78 Å². The van der Waals surface area contributed by atoms with Gasteiger partial charge in [0.15, 0.2) is 0 Å². The van der Waals surface area contributed by atoms with Crippen molar-refractivity contribution in [3.63, 3.8) is 0 Å². The first-order chi connectivity index (χ1) is 9.90. The number of benzene rings is 1. The molecule has 1 aliphatic heterocycles. The number of hydrogen-bond acceptors (Lipinski definition) is 4. The molecular formula is C14H17F2NO4. The number of carbonyl (C=O) groups is 1. The zero-order chi connectivity index (χ0) is 15.5. The SMILES string of the molecule is CC1OCCC1(O)CNC(=O)c1ccc(OC(F)F)cc1. The highest BCUT2D eigenvalue weighted by Gasteiger charge is 2.39. The van der Waals surface area contributed by atoms with Crippen LogP contribution >= 0.6 is 0 Å². The lowest BCUT2D eigenvalue weighted by atomic mass is 9.96. The lowest BCUT2D eigenvalue weighted by molar-refractivity contribution is -0.0498. The van der Waals surface area contributed by atoms with Crippen LogP contribution in [0.5, 0.6) is 5.75 Å². The number of amides is 1. The number of rotatable bonds is 5. The van der Waals surface area contributed by atoms with Crippen molar-refractivity contribution in [3.8, 4) is 5.75 Å². The molecule has 116 valence electrons. The quantitative estimate of drug-likeness (QED) is 0.866. The maximum Gasteiger partial charge on any atom is 0.387 e. The molecule has 7 heteroatoms. The number of alkyl halides is 2. The van der Waals surface area contributed by atoms with Gasteiger partial charge in [0.25, 0.3) is 5.91 Å². The van der Waals surface area contributed by atoms with Gasteiger partial charge in [0, 0.05) is 25.1 Å². The summed E-state index contributed by atoms with van der Waals surface area (Å²) in [6.07, 6.45) is 0.106. The Kier molecular flexibility index (Phi) is 4.74. The lowest BCUT2D eigenvalue weighted by Crippen LogP contribution is -2.47. The summed E-state index contributed by atoms with van der Waals surface area (Å²) in [5.41, 5.74) is -0.777. The number of halogens is 2. The standard InChI is InChI=1S/C14H17F2NO4/c1-9-14(19,6-7-20-9)8-17-12(18)10-2-4-11(5-3-10)21-13(15)16/h2-5,9,13,19H,6-8H2,1H3,(H,17,18). The van der Waals surface area contributed by atoms with Gasteiger partial charge in [0.1, 0.15) is 11.4 Å². The summed E-state index contributed by atoms with van der Waals surface area (Å²) < 4.78 is 33.5. The van der Waals surface area contributed by atoms with Crippen LogP contribution in [0.25, 0.3) is 0 Å². The predicted octanol–water partition coefficient (Wildman–Crippen LogP) is 1.56. The smallest absolute Gasteiger partial charge is 0.387 e. The lowest BCUT2D eigenvalue weighted by Gasteiger charge is -2.26. The van der Waals surface area contributed by atoms with E-state index in [-0.39, 0.29) is 18.4 Å². The molecule has 1 aliphatic rings. The van der Waals surface area contributed by atoms with Gasteiger partial charge in [0.05, 0.1) is 6.10 Å². The fraction of sp³-hybridized carbons (Fsp3) is 0.500. The van der Waals surface area contributed by atoms with E-state index in [9.17, 15) is 18.7 Å². The molecule has 0 spiro atoms. The van der Waals surface area contributed by atoms with Crippen molar-refractivity contribution in [2.75, 3.05) is 13.2 Å². The van der Waals surface area contributed by atoms with E-state index < -0.39 is 18.1 Å². The Labute approximate surface area is 120 Å². The Morgan fingerprint density at radius 1 is 1.52 bits per heavy atom. The molecule has 1 amide bonds. The van der Waals surface area contributed by atoms with Crippen LogP contribution in [-0.2, 0) is 4.74 Å². The highest BCUT2D eigenvalue weighted by atomic mass is 19.3. The first-order valence-electron chi connectivity index (χ1n) is 6.58. The molecule has 1 aromatic carbocycles. The van der Waals surface area contributed by atoms with E-state index in [2.05, 4.69) is 10.1 Å². The van der Waals surface area contributed by atoms with Crippen molar-refractivity contribution in [1.29, 1.82) is 0 Å². The summed E-state index contributed by atoms with van der Waals surface area (Å²) in [5, 5.41) is 12.9. The molecule has 0 aliphatic carbocycles. The molecule has 1 aromatic rings. The average Bonchev–Trinajstić information content (AvgIpc) is 2.77. The van der Waals surface area contributed by atoms with Crippen molar-refractivity contribution in [1.82, 2.24) is 5.32 Å². The summed E-state index contributed by atoms with van der Waals surface area (Å²) in [6.45, 7) is -0.631. The molecule has 2 N–H and O–H groups in total. The molecule has 1 heterocycles. The fourth-order valence-corrected chi connectivity index (χ4v) is 2.13. The molecule has 0 saturated carbocycles. The van der Waals surface area contributed by atoms with Crippen molar-refractivity contribution in [2.45, 2.75) is 31.7 Å². The molecule has 2 atom stereocenters. The van der Waals surface area contributed by atoms with E-state index in [1.807, 2.05) is 0 Å². The Morgan fingerprint density at radius 2 is 2.19 bits per heavy atom. The molecule has 1 saturated heterocycles. The van der Waals surface area contributed by atoms with E-state index in [4.69, 9.17) is 4.74 Å². The fourth-order valence-electron chi connectivity index (χ4n) is 2.13. The van der Waals surface area contributed by atoms with Crippen LogP contribution in [0, 0.1) is 0 Å². The number of aliphatic hydroxyl groups is 1. The summed E-state index contributed by atoms with van der Waals surface area (Å²) in [4.78, 5) is 11.9. The van der Waals surface area contributed by atoms with Gasteiger partial charge in [-0.25, -0.2) is 0 Å². The van der Waals surface area contributed by atoms with Crippen LogP contribution in [-0.4, -0.2) is 42.5 Å². The van der Waals surface area contributed by atoms with E-state index in [0.29, 0.717) is 18.6 Å². The van der Waals surface area contributed by atoms with Gasteiger partial charge in [-0.1, -0.05) is 0 Å². The Morgan fingerprint density at radius 3 is 2.71 bits per heavy atom. The summed E-state index contributed by atoms with van der Waals surface area (Å²) in [5.74, 6) is -0.413. The highest BCUT2D eigenvalue weighted by molar-refractivity contribution is 5.94. The van der Waals surface area contributed by atoms with Gasteiger partial charge in [-0.3, -0.25) is 4.79 Å². The van der Waals surface area contributed by atoms with Crippen LogP contribution < -0.4 is 10.1 Å². The van der Waals surface area contributed by atoms with E-state index in [1.54, 1.807) is 6.92 Å². The molecule has 2 unspecified atom stereocenters. The second-order valence-electron chi connectivity index (χ2n) is 4.95. The third kappa shape index (κ3) is 3.89. The van der Waals surface area contributed by atoms with Crippen LogP contribution in [0.2, 0.25) is 0 Å². The number of ether oxygens (including phenoxy) is 2. The number of carbonyl (C=O) groups excluding carboxylic acids is 1. The van der Waals surface area contributed by atoms with Crippen molar-refractivity contribution in [3.05, 3.63) is 29.8 Å². The van der Waals surface area contributed by atoms with Crippen LogP contribution in [0.1, 0.15) is 23.7 Å². The Bertz CT molecular complexity index is 494. The molecule has 2 rings (SSSR count). The van der Waals surface area contributed by atoms with Gasteiger partial charge in [0.2, 0.25) is 0 Å². The van der Waals surface area contributed by atoms with Crippen molar-refractivity contribution < 1.29 is 28.2 Å². The second-order valence-corrected chi connectivity index (χ2v) is 4.95. The maximum absolute atomic E-state index is 12.0. The zero-order valence-corrected chi connectivity index (χ0v) is 11.5. The molecule has 0 aromatic heterocycles. The first kappa shape index (κ1) is 15.7. The number of nitrogens with one attached hydrogen (secondary N) is 1. The molecule has 5 nitrogen and oxygen atoms in total. The minimum atomic E-state index is -2.90. The Hall–Kier alpha value is -1.73. The van der Waals surface area contributed by atoms with Gasteiger partial charge in [-0.15, -0.1) is 0 Å². The van der Waals surface area contributed by atoms with E-state index in [0.717, 1.165) is 0 Å². The molecule has 0 bridgehead atoms. The highest BCUT2D eigenvalue weighted by Crippen LogP contribution is 2.24. The van der Waals surface area contributed by atoms with E-state index >= 15 is 0 Å². The molecule has 21 heavy (non-hydrogen) atoms. The largest absolute Gasteiger partial charge is 0.435 e. The van der Waals surface area contributed by atoms with Gasteiger partial charge >= 0.3 is 6.61 Å². The third-order valence-corrected chi connectivity index (χ3v) is 3.56. The molecule has 0 radical (unpaired) electrons. The normalized spacial score (nSPS) is 25.1. The summed E-state index contributed by atoms with van der Waals surface area (Å²) in [6, 6.07) is 5.34. The topological polar surface area (TPSA) is 67.8 Å². The average molecular weight is 301 g/mol. The first-order valence-corrected chi connectivity index (χ1v) is 6.58. The summed E-state index contributed by atoms with van der Waals surface area (Å²) >= 11 is 0. The van der Waals surface area contributed by atoms with Crippen LogP contribution in [0.3, 0.4) is 0 Å². The number of hydrogen-bond donors (Lipinski definition) is 2. The third-order valence-electron chi connectivity index (χ3n) is 3.56. The minimum Gasteiger partial charge on any atom is -0.435 e. The van der Waals surface area contributed by atoms with Crippen molar-refractivity contribution in [2.24, 2.45) is 0 Å².